The first-order chi connectivity index (χ1) is 12.9. The van der Waals surface area contributed by atoms with Crippen LogP contribution in [0.15, 0.2) is 47.6 Å². The molecule has 0 atom stereocenters. The third kappa shape index (κ3) is 5.74. The summed E-state index contributed by atoms with van der Waals surface area (Å²) in [4.78, 5) is 12.0. The number of methoxy groups -OCH3 is 2. The maximum atomic E-state index is 12.0. The van der Waals surface area contributed by atoms with Gasteiger partial charge in [-0.15, -0.1) is 0 Å². The number of rotatable bonds is 8. The Kier molecular flexibility index (Phi) is 7.23. The van der Waals surface area contributed by atoms with Crippen LogP contribution in [0.25, 0.3) is 0 Å². The minimum Gasteiger partial charge on any atom is -0.497 e. The highest BCUT2D eigenvalue weighted by Gasteiger charge is 2.09. The number of nitrogens with one attached hydrogen (secondary N) is 1. The second-order valence-corrected chi connectivity index (χ2v) is 6.31. The molecule has 0 aromatic heterocycles. The van der Waals surface area contributed by atoms with E-state index in [0.717, 1.165) is 5.56 Å². The fourth-order valence-corrected chi connectivity index (χ4v) is 2.43. The molecule has 6 nitrogen and oxygen atoms in total. The van der Waals surface area contributed by atoms with E-state index in [1.165, 1.54) is 5.56 Å². The Morgan fingerprint density at radius 3 is 2.30 bits per heavy atom. The summed E-state index contributed by atoms with van der Waals surface area (Å²) >= 11 is 0. The van der Waals surface area contributed by atoms with Gasteiger partial charge in [-0.3, -0.25) is 4.79 Å². The van der Waals surface area contributed by atoms with Gasteiger partial charge in [-0.1, -0.05) is 26.0 Å². The number of benzene rings is 2. The number of carbonyl (C=O) groups is 1. The SMILES string of the molecule is COc1ccc(C(C)=NNC(=O)COc2ccc(C(C)C)cc2)c(OC)c1. The summed E-state index contributed by atoms with van der Waals surface area (Å²) in [5, 5.41) is 4.12. The first-order valence-corrected chi connectivity index (χ1v) is 8.73. The zero-order valence-electron chi connectivity index (χ0n) is 16.4. The van der Waals surface area contributed by atoms with Crippen LogP contribution in [-0.4, -0.2) is 32.4 Å². The highest BCUT2D eigenvalue weighted by molar-refractivity contribution is 6.01. The van der Waals surface area contributed by atoms with Crippen LogP contribution < -0.4 is 19.6 Å². The van der Waals surface area contributed by atoms with Gasteiger partial charge < -0.3 is 14.2 Å². The molecule has 0 aliphatic rings. The van der Waals surface area contributed by atoms with Crippen LogP contribution in [0.4, 0.5) is 0 Å². The van der Waals surface area contributed by atoms with Crippen molar-refractivity contribution in [3.05, 3.63) is 53.6 Å². The Bertz CT molecular complexity index is 798. The molecule has 0 fully saturated rings. The Morgan fingerprint density at radius 2 is 1.70 bits per heavy atom. The zero-order chi connectivity index (χ0) is 19.8. The van der Waals surface area contributed by atoms with Crippen molar-refractivity contribution in [3.8, 4) is 17.2 Å². The Labute approximate surface area is 160 Å². The lowest BCUT2D eigenvalue weighted by Gasteiger charge is -2.10. The Hall–Kier alpha value is -3.02. The second kappa shape index (κ2) is 9.62. The monoisotopic (exact) mass is 370 g/mol. The highest BCUT2D eigenvalue weighted by atomic mass is 16.5. The number of amides is 1. The summed E-state index contributed by atoms with van der Waals surface area (Å²) in [7, 11) is 3.16. The van der Waals surface area contributed by atoms with Crippen molar-refractivity contribution < 1.29 is 19.0 Å². The molecule has 0 spiro atoms. The molecule has 0 bridgehead atoms. The van der Waals surface area contributed by atoms with E-state index in [4.69, 9.17) is 14.2 Å². The molecule has 0 unspecified atom stereocenters. The Balaban J connectivity index is 1.93. The van der Waals surface area contributed by atoms with Gasteiger partial charge in [0.25, 0.3) is 5.91 Å². The van der Waals surface area contributed by atoms with Crippen LogP contribution in [0.3, 0.4) is 0 Å². The van der Waals surface area contributed by atoms with Crippen LogP contribution in [0.2, 0.25) is 0 Å². The van der Waals surface area contributed by atoms with Gasteiger partial charge in [0.15, 0.2) is 6.61 Å². The van der Waals surface area contributed by atoms with Crippen LogP contribution in [0.5, 0.6) is 17.2 Å². The maximum Gasteiger partial charge on any atom is 0.277 e. The smallest absolute Gasteiger partial charge is 0.277 e. The number of hydrogen-bond acceptors (Lipinski definition) is 5. The van der Waals surface area contributed by atoms with Crippen molar-refractivity contribution in [2.45, 2.75) is 26.7 Å². The number of carbonyl (C=O) groups excluding carboxylic acids is 1. The second-order valence-electron chi connectivity index (χ2n) is 6.31. The molecular formula is C21H26N2O4. The van der Waals surface area contributed by atoms with E-state index in [2.05, 4.69) is 24.4 Å². The number of hydrazone groups is 1. The largest absolute Gasteiger partial charge is 0.497 e. The van der Waals surface area contributed by atoms with E-state index >= 15 is 0 Å². The lowest BCUT2D eigenvalue weighted by Crippen LogP contribution is -2.25. The topological polar surface area (TPSA) is 69.2 Å². The molecule has 0 aliphatic heterocycles. The minimum atomic E-state index is -0.338. The molecule has 1 amide bonds. The molecule has 0 aliphatic carbocycles. The van der Waals surface area contributed by atoms with Crippen LogP contribution in [0.1, 0.15) is 37.8 Å². The lowest BCUT2D eigenvalue weighted by atomic mass is 10.0. The molecule has 0 radical (unpaired) electrons. The van der Waals surface area contributed by atoms with Gasteiger partial charge in [0.1, 0.15) is 17.2 Å². The van der Waals surface area contributed by atoms with Gasteiger partial charge in [0.2, 0.25) is 0 Å². The quantitative estimate of drug-likeness (QED) is 0.568. The predicted molar refractivity (Wildman–Crippen MR) is 106 cm³/mol. The van der Waals surface area contributed by atoms with Crippen molar-refractivity contribution in [2.75, 3.05) is 20.8 Å². The summed E-state index contributed by atoms with van der Waals surface area (Å²) in [6, 6.07) is 13.1. The normalized spacial score (nSPS) is 11.3. The van der Waals surface area contributed by atoms with E-state index in [1.54, 1.807) is 27.2 Å². The molecule has 6 heteroatoms. The van der Waals surface area contributed by atoms with Gasteiger partial charge in [0, 0.05) is 11.6 Å². The van der Waals surface area contributed by atoms with Crippen molar-refractivity contribution in [2.24, 2.45) is 5.10 Å². The summed E-state index contributed by atoms with van der Waals surface area (Å²) in [5.74, 6) is 2.06. The van der Waals surface area contributed by atoms with Crippen molar-refractivity contribution in [1.82, 2.24) is 5.43 Å². The van der Waals surface area contributed by atoms with Crippen LogP contribution in [0, 0.1) is 0 Å². The first-order valence-electron chi connectivity index (χ1n) is 8.73. The number of nitrogens with zero attached hydrogens (tertiary/aromatic N) is 1. The molecule has 27 heavy (non-hydrogen) atoms. The zero-order valence-corrected chi connectivity index (χ0v) is 16.4. The molecule has 0 saturated carbocycles. The molecular weight excluding hydrogens is 344 g/mol. The Morgan fingerprint density at radius 1 is 1.04 bits per heavy atom. The van der Waals surface area contributed by atoms with Gasteiger partial charge in [-0.05, 0) is 42.7 Å². The lowest BCUT2D eigenvalue weighted by molar-refractivity contribution is -0.123. The highest BCUT2D eigenvalue weighted by Crippen LogP contribution is 2.25. The average molecular weight is 370 g/mol. The summed E-state index contributed by atoms with van der Waals surface area (Å²) in [6.07, 6.45) is 0. The van der Waals surface area contributed by atoms with E-state index < -0.39 is 0 Å². The maximum absolute atomic E-state index is 12.0. The summed E-state index contributed by atoms with van der Waals surface area (Å²) < 4.78 is 16.0. The van der Waals surface area contributed by atoms with Gasteiger partial charge in [-0.2, -0.15) is 5.10 Å². The van der Waals surface area contributed by atoms with Crippen molar-refractivity contribution in [3.63, 3.8) is 0 Å². The molecule has 2 aromatic carbocycles. The summed E-state index contributed by atoms with van der Waals surface area (Å²) in [6.45, 7) is 5.93. The van der Waals surface area contributed by atoms with Crippen molar-refractivity contribution in [1.29, 1.82) is 0 Å². The molecule has 0 saturated heterocycles. The van der Waals surface area contributed by atoms with Crippen LogP contribution in [-0.2, 0) is 4.79 Å². The van der Waals surface area contributed by atoms with E-state index in [-0.39, 0.29) is 12.5 Å². The first kappa shape index (κ1) is 20.3. The average Bonchev–Trinajstić information content (AvgIpc) is 2.70. The molecule has 2 rings (SSSR count). The van der Waals surface area contributed by atoms with E-state index in [1.807, 2.05) is 36.4 Å². The minimum absolute atomic E-state index is 0.114. The fourth-order valence-electron chi connectivity index (χ4n) is 2.43. The van der Waals surface area contributed by atoms with Gasteiger partial charge in [0.05, 0.1) is 19.9 Å². The summed E-state index contributed by atoms with van der Waals surface area (Å²) in [5.41, 5.74) is 5.10. The molecule has 144 valence electrons. The van der Waals surface area contributed by atoms with E-state index in [9.17, 15) is 4.79 Å². The van der Waals surface area contributed by atoms with Crippen LogP contribution >= 0.6 is 0 Å². The standard InChI is InChI=1S/C21H26N2O4/c1-14(2)16-6-8-17(9-7-16)27-13-21(24)23-22-15(3)19-11-10-18(25-4)12-20(19)26-5/h6-12,14H,13H2,1-5H3,(H,23,24). The molecule has 1 N–H and O–H groups in total. The van der Waals surface area contributed by atoms with E-state index in [0.29, 0.717) is 28.9 Å². The molecule has 2 aromatic rings. The predicted octanol–water partition coefficient (Wildman–Crippen LogP) is 3.75. The third-order valence-electron chi connectivity index (χ3n) is 4.06. The number of ether oxygens (including phenoxy) is 3. The van der Waals surface area contributed by atoms with Gasteiger partial charge >= 0.3 is 0 Å². The molecule has 0 heterocycles. The number of hydrogen-bond donors (Lipinski definition) is 1. The van der Waals surface area contributed by atoms with Gasteiger partial charge in [-0.25, -0.2) is 5.43 Å². The third-order valence-corrected chi connectivity index (χ3v) is 4.06. The van der Waals surface area contributed by atoms with Crippen molar-refractivity contribution >= 4 is 11.6 Å². The fraction of sp³-hybridized carbons (Fsp3) is 0.333.